The first-order valence-electron chi connectivity index (χ1n) is 6.02. The number of carbonyl (C=O) groups is 1. The van der Waals surface area contributed by atoms with Crippen molar-refractivity contribution in [2.24, 2.45) is 5.92 Å². The molecule has 1 aliphatic heterocycles. The quantitative estimate of drug-likeness (QED) is 0.732. The van der Waals surface area contributed by atoms with E-state index in [2.05, 4.69) is 31.6 Å². The topological polar surface area (TPSA) is 38.1 Å². The van der Waals surface area contributed by atoms with Crippen LogP contribution in [-0.2, 0) is 11.3 Å². The van der Waals surface area contributed by atoms with Crippen LogP contribution in [0.4, 0.5) is 0 Å². The lowest BCUT2D eigenvalue weighted by Gasteiger charge is -2.37. The van der Waals surface area contributed by atoms with Gasteiger partial charge in [0.1, 0.15) is 0 Å². The van der Waals surface area contributed by atoms with Gasteiger partial charge in [-0.05, 0) is 25.0 Å². The molecule has 0 aromatic carbocycles. The summed E-state index contributed by atoms with van der Waals surface area (Å²) in [6.45, 7) is 11.3. The summed E-state index contributed by atoms with van der Waals surface area (Å²) in [5.41, 5.74) is 2.15. The van der Waals surface area contributed by atoms with Gasteiger partial charge in [0.25, 0.3) is 0 Å². The largest absolute Gasteiger partial charge is 0.328 e. The lowest BCUT2D eigenvalue weighted by atomic mass is 9.97. The summed E-state index contributed by atoms with van der Waals surface area (Å²) in [5.74, 6) is 0.378. The molecule has 17 heavy (non-hydrogen) atoms. The molecule has 1 amide bonds. The van der Waals surface area contributed by atoms with E-state index in [-0.39, 0.29) is 11.9 Å². The van der Waals surface area contributed by atoms with Crippen LogP contribution >= 0.6 is 0 Å². The monoisotopic (exact) mass is 233 g/mol. The van der Waals surface area contributed by atoms with Crippen LogP contribution in [0.2, 0.25) is 0 Å². The van der Waals surface area contributed by atoms with Crippen LogP contribution in [0.15, 0.2) is 18.7 Å². The van der Waals surface area contributed by atoms with Gasteiger partial charge in [0.15, 0.2) is 0 Å². The average Bonchev–Trinajstić information content (AvgIpc) is 2.66. The summed E-state index contributed by atoms with van der Waals surface area (Å²) < 4.78 is 2.02. The minimum Gasteiger partial charge on any atom is -0.328 e. The SMILES string of the molecule is C=CC(=O)N1CCn2nc(C)cc2C1C(C)C. The van der Waals surface area contributed by atoms with Crippen molar-refractivity contribution in [3.05, 3.63) is 30.1 Å². The molecule has 1 atom stereocenters. The zero-order chi connectivity index (χ0) is 12.6. The van der Waals surface area contributed by atoms with Crippen molar-refractivity contribution in [3.8, 4) is 0 Å². The molecule has 0 N–H and O–H groups in total. The molecule has 1 unspecified atom stereocenters. The molecule has 0 spiro atoms. The van der Waals surface area contributed by atoms with Crippen LogP contribution in [-0.4, -0.2) is 27.1 Å². The van der Waals surface area contributed by atoms with Gasteiger partial charge in [0, 0.05) is 6.54 Å². The van der Waals surface area contributed by atoms with Gasteiger partial charge < -0.3 is 4.90 Å². The molecule has 0 saturated carbocycles. The molecule has 2 rings (SSSR count). The van der Waals surface area contributed by atoms with Crippen LogP contribution in [0.25, 0.3) is 0 Å². The van der Waals surface area contributed by atoms with Crippen molar-refractivity contribution < 1.29 is 4.79 Å². The van der Waals surface area contributed by atoms with Gasteiger partial charge in [-0.25, -0.2) is 0 Å². The molecule has 1 aliphatic rings. The van der Waals surface area contributed by atoms with E-state index < -0.39 is 0 Å². The number of aromatic nitrogens is 2. The highest BCUT2D eigenvalue weighted by Crippen LogP contribution is 2.32. The summed E-state index contributed by atoms with van der Waals surface area (Å²) in [5, 5.41) is 4.46. The molecule has 1 aromatic rings. The molecule has 0 bridgehead atoms. The fourth-order valence-corrected chi connectivity index (χ4v) is 2.55. The number of nitrogens with zero attached hydrogens (tertiary/aromatic N) is 3. The minimum absolute atomic E-state index is 0.00815. The van der Waals surface area contributed by atoms with Crippen LogP contribution in [0.5, 0.6) is 0 Å². The van der Waals surface area contributed by atoms with E-state index in [0.717, 1.165) is 17.9 Å². The zero-order valence-electron chi connectivity index (χ0n) is 10.7. The fraction of sp³-hybridized carbons (Fsp3) is 0.538. The lowest BCUT2D eigenvalue weighted by Crippen LogP contribution is -2.43. The van der Waals surface area contributed by atoms with E-state index in [0.29, 0.717) is 12.5 Å². The van der Waals surface area contributed by atoms with Crippen molar-refractivity contribution in [3.63, 3.8) is 0 Å². The summed E-state index contributed by atoms with van der Waals surface area (Å²) in [4.78, 5) is 13.8. The number of rotatable bonds is 2. The van der Waals surface area contributed by atoms with Crippen LogP contribution < -0.4 is 0 Å². The van der Waals surface area contributed by atoms with E-state index >= 15 is 0 Å². The smallest absolute Gasteiger partial charge is 0.246 e. The number of fused-ring (bicyclic) bond motifs is 1. The predicted molar refractivity (Wildman–Crippen MR) is 66.5 cm³/mol. The summed E-state index contributed by atoms with van der Waals surface area (Å²) >= 11 is 0. The Morgan fingerprint density at radius 2 is 2.29 bits per heavy atom. The first kappa shape index (κ1) is 11.9. The van der Waals surface area contributed by atoms with Gasteiger partial charge in [-0.15, -0.1) is 0 Å². The Labute approximate surface area is 102 Å². The molecule has 4 nitrogen and oxygen atoms in total. The van der Waals surface area contributed by atoms with E-state index in [1.165, 1.54) is 6.08 Å². The zero-order valence-corrected chi connectivity index (χ0v) is 10.7. The van der Waals surface area contributed by atoms with Crippen LogP contribution in [0.1, 0.15) is 31.3 Å². The number of hydrogen-bond acceptors (Lipinski definition) is 2. The molecule has 4 heteroatoms. The second kappa shape index (κ2) is 4.35. The Morgan fingerprint density at radius 3 is 2.88 bits per heavy atom. The second-order valence-corrected chi connectivity index (χ2v) is 4.86. The van der Waals surface area contributed by atoms with Gasteiger partial charge in [0.05, 0.1) is 24.0 Å². The van der Waals surface area contributed by atoms with Crippen molar-refractivity contribution >= 4 is 5.91 Å². The molecule has 2 heterocycles. The number of carbonyl (C=O) groups excluding carboxylic acids is 1. The normalized spacial score (nSPS) is 19.3. The van der Waals surface area contributed by atoms with Gasteiger partial charge in [-0.1, -0.05) is 20.4 Å². The Hall–Kier alpha value is -1.58. The second-order valence-electron chi connectivity index (χ2n) is 4.86. The van der Waals surface area contributed by atoms with Crippen molar-refractivity contribution in [2.45, 2.75) is 33.4 Å². The van der Waals surface area contributed by atoms with Crippen LogP contribution in [0, 0.1) is 12.8 Å². The molecule has 0 radical (unpaired) electrons. The highest BCUT2D eigenvalue weighted by Gasteiger charge is 2.32. The molecular weight excluding hydrogens is 214 g/mol. The molecule has 0 aliphatic carbocycles. The molecule has 1 aromatic heterocycles. The van der Waals surface area contributed by atoms with Gasteiger partial charge in [-0.3, -0.25) is 9.48 Å². The molecular formula is C13H19N3O. The summed E-state index contributed by atoms with van der Waals surface area (Å²) in [6.07, 6.45) is 1.40. The lowest BCUT2D eigenvalue weighted by molar-refractivity contribution is -0.130. The maximum absolute atomic E-state index is 11.9. The fourth-order valence-electron chi connectivity index (χ4n) is 2.55. The van der Waals surface area contributed by atoms with E-state index in [1.807, 2.05) is 16.5 Å². The number of amides is 1. The summed E-state index contributed by atoms with van der Waals surface area (Å²) in [6, 6.07) is 2.18. The van der Waals surface area contributed by atoms with Gasteiger partial charge in [0.2, 0.25) is 5.91 Å². The Balaban J connectivity index is 2.42. The summed E-state index contributed by atoms with van der Waals surface area (Å²) in [7, 11) is 0. The van der Waals surface area contributed by atoms with Crippen LogP contribution in [0.3, 0.4) is 0 Å². The Morgan fingerprint density at radius 1 is 1.59 bits per heavy atom. The Bertz CT molecular complexity index is 448. The standard InChI is InChI=1S/C13H19N3O/c1-5-12(17)15-6-7-16-11(8-10(4)14-16)13(15)9(2)3/h5,8-9,13H,1,6-7H2,2-4H3. The van der Waals surface area contributed by atoms with E-state index in [9.17, 15) is 4.79 Å². The van der Waals surface area contributed by atoms with Crippen molar-refractivity contribution in [2.75, 3.05) is 6.54 Å². The van der Waals surface area contributed by atoms with Crippen molar-refractivity contribution in [1.29, 1.82) is 0 Å². The Kier molecular flexibility index (Phi) is 3.05. The van der Waals surface area contributed by atoms with Crippen molar-refractivity contribution in [1.82, 2.24) is 14.7 Å². The van der Waals surface area contributed by atoms with E-state index in [1.54, 1.807) is 0 Å². The number of aryl methyl sites for hydroxylation is 1. The third-order valence-corrected chi connectivity index (χ3v) is 3.21. The highest BCUT2D eigenvalue weighted by molar-refractivity contribution is 5.87. The molecule has 0 saturated heterocycles. The molecule has 92 valence electrons. The van der Waals surface area contributed by atoms with Gasteiger partial charge in [-0.2, -0.15) is 5.10 Å². The predicted octanol–water partition coefficient (Wildman–Crippen LogP) is 1.92. The van der Waals surface area contributed by atoms with Gasteiger partial charge >= 0.3 is 0 Å². The minimum atomic E-state index is 0.00815. The van der Waals surface area contributed by atoms with E-state index in [4.69, 9.17) is 0 Å². The highest BCUT2D eigenvalue weighted by atomic mass is 16.2. The average molecular weight is 233 g/mol. The third kappa shape index (κ3) is 1.99. The maximum atomic E-state index is 11.9. The molecule has 0 fully saturated rings. The first-order valence-corrected chi connectivity index (χ1v) is 6.02. The maximum Gasteiger partial charge on any atom is 0.246 e. The third-order valence-electron chi connectivity index (χ3n) is 3.21. The first-order chi connectivity index (χ1) is 8.04. The number of hydrogen-bond donors (Lipinski definition) is 0.